The number of carbonyl (C=O) groups excluding carboxylic acids is 1. The monoisotopic (exact) mass is 306 g/mol. The van der Waals surface area contributed by atoms with Gasteiger partial charge < -0.3 is 14.8 Å². The molecule has 0 aromatic carbocycles. The second kappa shape index (κ2) is 7.58. The van der Waals surface area contributed by atoms with Crippen LogP contribution in [0.25, 0.3) is 0 Å². The summed E-state index contributed by atoms with van der Waals surface area (Å²) in [5.41, 5.74) is -0.0314. The van der Waals surface area contributed by atoms with Gasteiger partial charge in [-0.05, 0) is 45.1 Å². The first-order valence-corrected chi connectivity index (χ1v) is 8.14. The molecule has 1 aliphatic carbocycles. The molecule has 0 bridgehead atoms. The van der Waals surface area contributed by atoms with Crippen molar-refractivity contribution < 1.29 is 14.3 Å². The highest BCUT2D eigenvalue weighted by molar-refractivity contribution is 5.97. The zero-order chi connectivity index (χ0) is 16.0. The van der Waals surface area contributed by atoms with E-state index in [0.29, 0.717) is 30.7 Å². The van der Waals surface area contributed by atoms with E-state index in [4.69, 9.17) is 9.47 Å². The molecular weight excluding hydrogens is 280 g/mol. The van der Waals surface area contributed by atoms with Crippen molar-refractivity contribution >= 4 is 11.6 Å². The average Bonchev–Trinajstić information content (AvgIpc) is 2.50. The molecule has 0 spiro atoms. The highest BCUT2D eigenvalue weighted by Gasteiger charge is 2.42. The molecule has 1 aliphatic rings. The Morgan fingerprint density at radius 2 is 2.23 bits per heavy atom. The summed E-state index contributed by atoms with van der Waals surface area (Å²) < 4.78 is 11.2. The predicted molar refractivity (Wildman–Crippen MR) is 86.0 cm³/mol. The van der Waals surface area contributed by atoms with Crippen LogP contribution in [0.2, 0.25) is 0 Å². The van der Waals surface area contributed by atoms with E-state index in [1.807, 2.05) is 19.9 Å². The number of rotatable bonds is 6. The quantitative estimate of drug-likeness (QED) is 0.875. The Bertz CT molecular complexity index is 485. The van der Waals surface area contributed by atoms with Crippen molar-refractivity contribution in [3.05, 3.63) is 18.3 Å². The smallest absolute Gasteiger partial charge is 0.256 e. The fourth-order valence-corrected chi connectivity index (χ4v) is 3.11. The molecular formula is C17H26N2O3. The minimum atomic E-state index is -0.703. The zero-order valence-corrected chi connectivity index (χ0v) is 13.7. The fourth-order valence-electron chi connectivity index (χ4n) is 3.11. The molecule has 22 heavy (non-hydrogen) atoms. The van der Waals surface area contributed by atoms with Gasteiger partial charge in [-0.15, -0.1) is 0 Å². The van der Waals surface area contributed by atoms with Gasteiger partial charge in [-0.1, -0.05) is 13.3 Å². The average molecular weight is 306 g/mol. The minimum Gasteiger partial charge on any atom is -0.478 e. The van der Waals surface area contributed by atoms with Crippen LogP contribution >= 0.6 is 0 Å². The molecule has 1 fully saturated rings. The SMILES string of the molecule is CCOc1ccc(NC(=O)[C@@]2(OCC)CCC[C@@H](C)C2)cn1. The van der Waals surface area contributed by atoms with Crippen molar-refractivity contribution in [2.45, 2.75) is 52.1 Å². The lowest BCUT2D eigenvalue weighted by Crippen LogP contribution is -2.48. The van der Waals surface area contributed by atoms with E-state index in [2.05, 4.69) is 17.2 Å². The number of ether oxygens (including phenoxy) is 2. The number of hydrogen-bond donors (Lipinski definition) is 1. The fraction of sp³-hybridized carbons (Fsp3) is 0.647. The molecule has 1 saturated carbocycles. The van der Waals surface area contributed by atoms with Crippen LogP contribution in [0, 0.1) is 5.92 Å². The molecule has 0 unspecified atom stereocenters. The van der Waals surface area contributed by atoms with Gasteiger partial charge >= 0.3 is 0 Å². The topological polar surface area (TPSA) is 60.5 Å². The van der Waals surface area contributed by atoms with Gasteiger partial charge in [-0.2, -0.15) is 0 Å². The lowest BCUT2D eigenvalue weighted by Gasteiger charge is -2.38. The van der Waals surface area contributed by atoms with Crippen LogP contribution in [-0.4, -0.2) is 29.7 Å². The van der Waals surface area contributed by atoms with Gasteiger partial charge in [0.15, 0.2) is 0 Å². The number of aromatic nitrogens is 1. The maximum absolute atomic E-state index is 12.7. The second-order valence-electron chi connectivity index (χ2n) is 5.90. The summed E-state index contributed by atoms with van der Waals surface area (Å²) in [6.07, 6.45) is 5.36. The van der Waals surface area contributed by atoms with Gasteiger partial charge in [-0.25, -0.2) is 4.98 Å². The third-order valence-electron chi connectivity index (χ3n) is 4.08. The zero-order valence-electron chi connectivity index (χ0n) is 13.7. The standard InChI is InChI=1S/C17H26N2O3/c1-4-21-15-9-8-14(12-18-15)19-16(20)17(22-5-2)10-6-7-13(3)11-17/h8-9,12-13H,4-7,10-11H2,1-3H3,(H,19,20)/t13-,17-/m1/s1. The maximum Gasteiger partial charge on any atom is 0.256 e. The highest BCUT2D eigenvalue weighted by atomic mass is 16.5. The number of anilines is 1. The molecule has 0 saturated heterocycles. The van der Waals surface area contributed by atoms with E-state index in [9.17, 15) is 4.79 Å². The highest BCUT2D eigenvalue weighted by Crippen LogP contribution is 2.36. The van der Waals surface area contributed by atoms with Crippen LogP contribution in [0.3, 0.4) is 0 Å². The number of pyridine rings is 1. The third kappa shape index (κ3) is 3.97. The minimum absolute atomic E-state index is 0.0631. The molecule has 5 heteroatoms. The second-order valence-corrected chi connectivity index (χ2v) is 5.90. The summed E-state index contributed by atoms with van der Waals surface area (Å²) in [5.74, 6) is 1.00. The van der Waals surface area contributed by atoms with Gasteiger partial charge in [0.1, 0.15) is 5.60 Å². The van der Waals surface area contributed by atoms with Gasteiger partial charge in [-0.3, -0.25) is 4.79 Å². The van der Waals surface area contributed by atoms with Crippen LogP contribution in [0.5, 0.6) is 5.88 Å². The van der Waals surface area contributed by atoms with Gasteiger partial charge in [0.2, 0.25) is 5.88 Å². The van der Waals surface area contributed by atoms with E-state index in [-0.39, 0.29) is 5.91 Å². The Morgan fingerprint density at radius 3 is 2.82 bits per heavy atom. The first kappa shape index (κ1) is 16.7. The first-order chi connectivity index (χ1) is 10.6. The van der Waals surface area contributed by atoms with E-state index in [0.717, 1.165) is 25.7 Å². The Morgan fingerprint density at radius 1 is 1.41 bits per heavy atom. The largest absolute Gasteiger partial charge is 0.478 e. The maximum atomic E-state index is 12.7. The van der Waals surface area contributed by atoms with Crippen LogP contribution in [0.1, 0.15) is 46.5 Å². The molecule has 1 N–H and O–H groups in total. The summed E-state index contributed by atoms with van der Waals surface area (Å²) >= 11 is 0. The van der Waals surface area contributed by atoms with Crippen molar-refractivity contribution in [1.29, 1.82) is 0 Å². The number of nitrogens with one attached hydrogen (secondary N) is 1. The summed E-state index contributed by atoms with van der Waals surface area (Å²) in [5, 5.41) is 2.95. The van der Waals surface area contributed by atoms with Gasteiger partial charge in [0.05, 0.1) is 18.5 Å². The van der Waals surface area contributed by atoms with Crippen LogP contribution in [0.4, 0.5) is 5.69 Å². The third-order valence-corrected chi connectivity index (χ3v) is 4.08. The summed E-state index contributed by atoms with van der Waals surface area (Å²) in [4.78, 5) is 16.9. The Labute approximate surface area is 132 Å². The van der Waals surface area contributed by atoms with Crippen LogP contribution in [-0.2, 0) is 9.53 Å². The molecule has 1 aromatic rings. The summed E-state index contributed by atoms with van der Waals surface area (Å²) in [7, 11) is 0. The molecule has 2 rings (SSSR count). The predicted octanol–water partition coefficient (Wildman–Crippen LogP) is 3.40. The Kier molecular flexibility index (Phi) is 5.77. The van der Waals surface area contributed by atoms with Crippen molar-refractivity contribution in [3.63, 3.8) is 0 Å². The molecule has 5 nitrogen and oxygen atoms in total. The van der Waals surface area contributed by atoms with Crippen LogP contribution < -0.4 is 10.1 Å². The van der Waals surface area contributed by atoms with E-state index in [1.54, 1.807) is 12.3 Å². The molecule has 122 valence electrons. The van der Waals surface area contributed by atoms with Gasteiger partial charge in [0, 0.05) is 12.7 Å². The van der Waals surface area contributed by atoms with Gasteiger partial charge in [0.25, 0.3) is 5.91 Å². The number of nitrogens with zero attached hydrogens (tertiary/aromatic N) is 1. The lowest BCUT2D eigenvalue weighted by atomic mass is 9.78. The van der Waals surface area contributed by atoms with Crippen molar-refractivity contribution in [1.82, 2.24) is 4.98 Å². The van der Waals surface area contributed by atoms with Crippen molar-refractivity contribution in [2.75, 3.05) is 18.5 Å². The van der Waals surface area contributed by atoms with E-state index in [1.165, 1.54) is 0 Å². The molecule has 1 heterocycles. The first-order valence-electron chi connectivity index (χ1n) is 8.14. The molecule has 2 atom stereocenters. The number of hydrogen-bond acceptors (Lipinski definition) is 4. The van der Waals surface area contributed by atoms with Crippen LogP contribution in [0.15, 0.2) is 18.3 Å². The molecule has 1 amide bonds. The summed E-state index contributed by atoms with van der Waals surface area (Å²) in [6, 6.07) is 3.57. The van der Waals surface area contributed by atoms with E-state index >= 15 is 0 Å². The van der Waals surface area contributed by atoms with Crippen molar-refractivity contribution in [3.8, 4) is 5.88 Å². The summed E-state index contributed by atoms with van der Waals surface area (Å²) in [6.45, 7) is 7.14. The van der Waals surface area contributed by atoms with E-state index < -0.39 is 5.60 Å². The number of carbonyl (C=O) groups is 1. The molecule has 0 radical (unpaired) electrons. The molecule has 0 aliphatic heterocycles. The Hall–Kier alpha value is -1.62. The lowest BCUT2D eigenvalue weighted by molar-refractivity contribution is -0.147. The van der Waals surface area contributed by atoms with Crippen molar-refractivity contribution in [2.24, 2.45) is 5.92 Å². The normalized spacial score (nSPS) is 24.8. The number of amides is 1. The Balaban J connectivity index is 2.07. The molecule has 1 aromatic heterocycles.